The number of fused-ring (bicyclic) bond motifs is 2. The normalized spacial score (nSPS) is 20.6. The Morgan fingerprint density at radius 2 is 1.73 bits per heavy atom. The van der Waals surface area contributed by atoms with Gasteiger partial charge in [-0.15, -0.1) is 0 Å². The fourth-order valence-electron chi connectivity index (χ4n) is 4.92. The Bertz CT molecular complexity index is 1350. The Kier molecular flexibility index (Phi) is 6.63. The van der Waals surface area contributed by atoms with Crippen LogP contribution in [-0.4, -0.2) is 36.7 Å². The largest absolute Gasteiger partial charge is 0.466 e. The minimum absolute atomic E-state index is 0.136. The van der Waals surface area contributed by atoms with Gasteiger partial charge in [-0.2, -0.15) is 0 Å². The molecule has 0 saturated heterocycles. The lowest BCUT2D eigenvalue weighted by molar-refractivity contribution is -0.138. The molecular formula is C30H27FN2O4. The van der Waals surface area contributed by atoms with Crippen molar-refractivity contribution < 1.29 is 23.5 Å². The number of carbonyl (C=O) groups excluding carboxylic acids is 2. The smallest absolute Gasteiger partial charge is 0.337 e. The quantitative estimate of drug-likeness (QED) is 0.339. The van der Waals surface area contributed by atoms with Crippen molar-refractivity contribution in [1.29, 1.82) is 0 Å². The van der Waals surface area contributed by atoms with Crippen LogP contribution in [0.2, 0.25) is 0 Å². The molecule has 3 atom stereocenters. The van der Waals surface area contributed by atoms with Crippen molar-refractivity contribution >= 4 is 23.3 Å². The maximum atomic E-state index is 14.1. The van der Waals surface area contributed by atoms with Crippen molar-refractivity contribution in [2.45, 2.75) is 31.1 Å². The molecule has 0 saturated carbocycles. The van der Waals surface area contributed by atoms with E-state index in [0.717, 1.165) is 11.3 Å². The topological polar surface area (TPSA) is 76.7 Å². The first-order valence-corrected chi connectivity index (χ1v) is 12.0. The van der Waals surface area contributed by atoms with Crippen molar-refractivity contribution in [3.8, 4) is 0 Å². The summed E-state index contributed by atoms with van der Waals surface area (Å²) >= 11 is 0. The molecule has 188 valence electrons. The average Bonchev–Trinajstić information content (AvgIpc) is 3.49. The lowest BCUT2D eigenvalue weighted by Crippen LogP contribution is -2.49. The van der Waals surface area contributed by atoms with Crippen LogP contribution < -0.4 is 10.6 Å². The summed E-state index contributed by atoms with van der Waals surface area (Å²) in [6, 6.07) is 23.5. The molecule has 6 nitrogen and oxygen atoms in total. The van der Waals surface area contributed by atoms with E-state index in [2.05, 4.69) is 10.6 Å². The summed E-state index contributed by atoms with van der Waals surface area (Å²) in [5.41, 5.74) is 1.66. The van der Waals surface area contributed by atoms with Crippen molar-refractivity contribution in [2.24, 2.45) is 0 Å². The number of ether oxygens (including phenoxy) is 2. The van der Waals surface area contributed by atoms with Gasteiger partial charge in [-0.3, -0.25) is 4.79 Å². The van der Waals surface area contributed by atoms with Crippen molar-refractivity contribution in [1.82, 2.24) is 0 Å². The number of halogens is 1. The van der Waals surface area contributed by atoms with Crippen LogP contribution in [0.15, 0.2) is 102 Å². The molecule has 3 unspecified atom stereocenters. The van der Waals surface area contributed by atoms with Gasteiger partial charge in [0.25, 0.3) is 5.91 Å². The minimum Gasteiger partial charge on any atom is -0.466 e. The second-order valence-electron chi connectivity index (χ2n) is 9.14. The molecular weight excluding hydrogens is 471 g/mol. The molecule has 0 aromatic heterocycles. The summed E-state index contributed by atoms with van der Waals surface area (Å²) in [7, 11) is 1.28. The van der Waals surface area contributed by atoms with Gasteiger partial charge in [-0.25, -0.2) is 9.18 Å². The number of hydrogen-bond acceptors (Lipinski definition) is 5. The van der Waals surface area contributed by atoms with E-state index in [4.69, 9.17) is 9.47 Å². The Labute approximate surface area is 214 Å². The highest BCUT2D eigenvalue weighted by Gasteiger charge is 2.58. The van der Waals surface area contributed by atoms with Gasteiger partial charge in [0.1, 0.15) is 17.5 Å². The van der Waals surface area contributed by atoms with Crippen molar-refractivity contribution in [3.05, 3.63) is 119 Å². The standard InChI is InChI=1S/C30H27FN2O4/c1-19-13-14-22(18-23(19)31)33-28(34)26-24-15-16-30(37-24,27(26)29(35)36-2)25(17-20-9-5-3-6-10-20)32-21-11-7-4-8-12-21/h3-16,18,24-25,32H,17H2,1-2H3,(H,33,34). The van der Waals surface area contributed by atoms with E-state index in [1.807, 2.05) is 66.7 Å². The number of para-hydroxylation sites is 1. The molecule has 2 heterocycles. The number of benzene rings is 3. The molecule has 2 bridgehead atoms. The number of methoxy groups -OCH3 is 1. The summed E-state index contributed by atoms with van der Waals surface area (Å²) < 4.78 is 25.7. The fraction of sp³-hybridized carbons (Fsp3) is 0.200. The number of anilines is 2. The molecule has 0 spiro atoms. The number of carbonyl (C=O) groups is 2. The highest BCUT2D eigenvalue weighted by atomic mass is 19.1. The monoisotopic (exact) mass is 498 g/mol. The number of esters is 1. The molecule has 0 fully saturated rings. The zero-order chi connectivity index (χ0) is 26.0. The van der Waals surface area contributed by atoms with Gasteiger partial charge in [0.2, 0.25) is 0 Å². The summed E-state index contributed by atoms with van der Waals surface area (Å²) in [6.07, 6.45) is 3.36. The van der Waals surface area contributed by atoms with Crippen LogP contribution in [0.3, 0.4) is 0 Å². The highest BCUT2D eigenvalue weighted by Crippen LogP contribution is 2.47. The van der Waals surface area contributed by atoms with Gasteiger partial charge in [0, 0.05) is 11.4 Å². The second-order valence-corrected chi connectivity index (χ2v) is 9.14. The van der Waals surface area contributed by atoms with E-state index >= 15 is 0 Å². The third kappa shape index (κ3) is 4.66. The maximum Gasteiger partial charge on any atom is 0.337 e. The van der Waals surface area contributed by atoms with Crippen LogP contribution in [-0.2, 0) is 25.5 Å². The molecule has 7 heteroatoms. The summed E-state index contributed by atoms with van der Waals surface area (Å²) in [4.78, 5) is 26.7. The maximum absolute atomic E-state index is 14.1. The lowest BCUT2D eigenvalue weighted by atomic mass is 9.78. The van der Waals surface area contributed by atoms with Crippen molar-refractivity contribution in [2.75, 3.05) is 17.7 Å². The number of amides is 1. The van der Waals surface area contributed by atoms with Crippen molar-refractivity contribution in [3.63, 3.8) is 0 Å². The van der Waals surface area contributed by atoms with E-state index in [1.54, 1.807) is 25.1 Å². The predicted molar refractivity (Wildman–Crippen MR) is 140 cm³/mol. The molecule has 3 aromatic rings. The molecule has 37 heavy (non-hydrogen) atoms. The first-order valence-electron chi connectivity index (χ1n) is 12.0. The van der Waals surface area contributed by atoms with Crippen LogP contribution in [0.25, 0.3) is 0 Å². The molecule has 2 aliphatic rings. The van der Waals surface area contributed by atoms with Gasteiger partial charge < -0.3 is 20.1 Å². The summed E-state index contributed by atoms with van der Waals surface area (Å²) in [5, 5.41) is 6.24. The van der Waals surface area contributed by atoms with Gasteiger partial charge in [-0.05, 0) is 54.8 Å². The molecule has 5 rings (SSSR count). The molecule has 0 aliphatic carbocycles. The van der Waals surface area contributed by atoms with Crippen LogP contribution in [0.4, 0.5) is 15.8 Å². The SMILES string of the molecule is COC(=O)C1=C(C(=O)Nc2ccc(C)c(F)c2)C2C=CC1(C(Cc1ccccc1)Nc1ccccc1)O2. The lowest BCUT2D eigenvalue weighted by Gasteiger charge is -2.36. The predicted octanol–water partition coefficient (Wildman–Crippen LogP) is 4.97. The van der Waals surface area contributed by atoms with E-state index in [9.17, 15) is 14.0 Å². The zero-order valence-electron chi connectivity index (χ0n) is 20.5. The Hall–Kier alpha value is -4.23. The van der Waals surface area contributed by atoms with Gasteiger partial charge in [-0.1, -0.05) is 60.7 Å². The number of aryl methyl sites for hydroxylation is 1. The van der Waals surface area contributed by atoms with Crippen LogP contribution in [0.1, 0.15) is 11.1 Å². The van der Waals surface area contributed by atoms with Gasteiger partial charge in [0.05, 0.1) is 24.3 Å². The average molecular weight is 499 g/mol. The summed E-state index contributed by atoms with van der Waals surface area (Å²) in [5.74, 6) is -1.63. The van der Waals surface area contributed by atoms with E-state index < -0.39 is 35.4 Å². The zero-order valence-corrected chi connectivity index (χ0v) is 20.5. The van der Waals surface area contributed by atoms with E-state index in [0.29, 0.717) is 12.0 Å². The highest BCUT2D eigenvalue weighted by molar-refractivity contribution is 6.12. The Morgan fingerprint density at radius 3 is 2.41 bits per heavy atom. The Morgan fingerprint density at radius 1 is 1.03 bits per heavy atom. The summed E-state index contributed by atoms with van der Waals surface area (Å²) in [6.45, 7) is 1.64. The molecule has 0 radical (unpaired) electrons. The van der Waals surface area contributed by atoms with Gasteiger partial charge >= 0.3 is 5.97 Å². The first-order chi connectivity index (χ1) is 17.9. The molecule has 3 aromatic carbocycles. The van der Waals surface area contributed by atoms with Gasteiger partial charge in [0.15, 0.2) is 0 Å². The van der Waals surface area contributed by atoms with E-state index in [1.165, 1.54) is 13.2 Å². The number of nitrogens with one attached hydrogen (secondary N) is 2. The number of hydrogen-bond donors (Lipinski definition) is 2. The first kappa shape index (κ1) is 24.5. The molecule has 1 amide bonds. The second kappa shape index (κ2) is 10.0. The van der Waals surface area contributed by atoms with E-state index in [-0.39, 0.29) is 16.8 Å². The van der Waals surface area contributed by atoms with Crippen LogP contribution in [0, 0.1) is 12.7 Å². The number of rotatable bonds is 8. The third-order valence-corrected chi connectivity index (χ3v) is 6.76. The third-order valence-electron chi connectivity index (χ3n) is 6.76. The Balaban J connectivity index is 1.56. The fourth-order valence-corrected chi connectivity index (χ4v) is 4.92. The molecule has 2 aliphatic heterocycles. The van der Waals surface area contributed by atoms with Crippen LogP contribution in [0.5, 0.6) is 0 Å². The minimum atomic E-state index is -1.26. The van der Waals surface area contributed by atoms with Crippen LogP contribution >= 0.6 is 0 Å². The molecule has 2 N–H and O–H groups in total.